The zero-order valence-electron chi connectivity index (χ0n) is 30.8. The van der Waals surface area contributed by atoms with E-state index in [4.69, 9.17) is 23.7 Å². The Bertz CT molecular complexity index is 660. The van der Waals surface area contributed by atoms with E-state index in [1.54, 1.807) is 7.11 Å². The summed E-state index contributed by atoms with van der Waals surface area (Å²) in [6.45, 7) is 8.89. The molecule has 0 amide bonds. The molecule has 0 rings (SSSR count). The van der Waals surface area contributed by atoms with Crippen LogP contribution in [0, 0.1) is 5.41 Å². The van der Waals surface area contributed by atoms with Gasteiger partial charge in [0, 0.05) is 32.3 Å². The third kappa shape index (κ3) is 38.5. The molecule has 0 spiro atoms. The van der Waals surface area contributed by atoms with Gasteiger partial charge in [0.1, 0.15) is 0 Å². The summed E-state index contributed by atoms with van der Waals surface area (Å²) in [5.41, 5.74) is -0.371. The van der Waals surface area contributed by atoms with Crippen LogP contribution < -0.4 is 59.1 Å². The Labute approximate surface area is 328 Å². The van der Waals surface area contributed by atoms with E-state index in [0.717, 1.165) is 64.6 Å². The van der Waals surface area contributed by atoms with Crippen LogP contribution >= 0.6 is 0 Å². The molecule has 46 heavy (non-hydrogen) atoms. The maximum absolute atomic E-state index is 10.8. The molecule has 0 aromatic carbocycles. The molecule has 0 fully saturated rings. The van der Waals surface area contributed by atoms with Crippen molar-refractivity contribution in [3.8, 4) is 0 Å². The largest absolute Gasteiger partial charge is 1.00 e. The number of rotatable bonds is 37. The van der Waals surface area contributed by atoms with E-state index in [1.165, 1.54) is 77.0 Å². The van der Waals surface area contributed by atoms with Crippen LogP contribution in [0.3, 0.4) is 0 Å². The first-order valence-corrected chi connectivity index (χ1v) is 19.1. The number of methoxy groups -OCH3 is 1. The third-order valence-corrected chi connectivity index (χ3v) is 8.35. The quantitative estimate of drug-likeness (QED) is 0.0416. The van der Waals surface area contributed by atoms with Crippen molar-refractivity contribution in [2.45, 2.75) is 142 Å². The van der Waals surface area contributed by atoms with Gasteiger partial charge in [0.25, 0.3) is 0 Å². The predicted molar refractivity (Wildman–Crippen MR) is 177 cm³/mol. The van der Waals surface area contributed by atoms with Crippen molar-refractivity contribution in [1.29, 1.82) is 0 Å². The van der Waals surface area contributed by atoms with Crippen molar-refractivity contribution >= 4 is 10.4 Å². The first-order chi connectivity index (χ1) is 21.4. The summed E-state index contributed by atoms with van der Waals surface area (Å²) in [7, 11) is -3.08. The number of hydrogen-bond donors (Lipinski definition) is 0. The minimum atomic E-state index is -4.73. The molecule has 0 aliphatic rings. The van der Waals surface area contributed by atoms with E-state index >= 15 is 0 Å². The van der Waals surface area contributed by atoms with Crippen LogP contribution in [0.1, 0.15) is 142 Å². The van der Waals surface area contributed by atoms with Crippen LogP contribution in [0.25, 0.3) is 0 Å². The van der Waals surface area contributed by atoms with Crippen molar-refractivity contribution in [2.75, 3.05) is 73.2 Å². The Morgan fingerprint density at radius 3 is 1.30 bits per heavy atom. The van der Waals surface area contributed by atoms with Crippen LogP contribution in [0.5, 0.6) is 0 Å². The molecule has 0 aliphatic heterocycles. The molecule has 0 N–H and O–H groups in total. The second-order valence-electron chi connectivity index (χ2n) is 12.3. The van der Waals surface area contributed by atoms with Crippen molar-refractivity contribution in [1.82, 2.24) is 0 Å². The first-order valence-electron chi connectivity index (χ1n) is 17.8. The zero-order chi connectivity index (χ0) is 32.5. The summed E-state index contributed by atoms with van der Waals surface area (Å²) in [5.74, 6) is 0. The second kappa shape index (κ2) is 39.5. The van der Waals surface area contributed by atoms with E-state index < -0.39 is 10.4 Å². The van der Waals surface area contributed by atoms with Crippen molar-refractivity contribution < 1.29 is 100.0 Å². The van der Waals surface area contributed by atoms with Crippen LogP contribution in [0.2, 0.25) is 0 Å². The van der Waals surface area contributed by atoms with Gasteiger partial charge in [-0.25, -0.2) is 8.42 Å². The first kappa shape index (κ1) is 52.0. The summed E-state index contributed by atoms with van der Waals surface area (Å²) < 4.78 is 65.6. The van der Waals surface area contributed by atoms with Gasteiger partial charge in [-0.15, -0.1) is 0 Å². The molecule has 1 atom stereocenters. The molecule has 0 saturated carbocycles. The fourth-order valence-corrected chi connectivity index (χ4v) is 5.48. The summed E-state index contributed by atoms with van der Waals surface area (Å²) in [6.07, 6.45) is 24.1. The Morgan fingerprint density at radius 1 is 0.478 bits per heavy atom. The van der Waals surface area contributed by atoms with Crippen LogP contribution in [-0.2, 0) is 38.3 Å². The van der Waals surface area contributed by atoms with E-state index in [-0.39, 0.29) is 77.7 Å². The minimum absolute atomic E-state index is 0. The van der Waals surface area contributed by atoms with Crippen LogP contribution in [0.4, 0.5) is 0 Å². The molecular weight excluding hydrogens is 630 g/mol. The zero-order valence-corrected chi connectivity index (χ0v) is 35.6. The normalized spacial score (nSPS) is 12.9. The van der Waals surface area contributed by atoms with Gasteiger partial charge >= 0.3 is 59.1 Å². The second-order valence-corrected chi connectivity index (χ2v) is 13.3. The number of unbranched alkanes of at least 4 members (excludes halogenated alkanes) is 16. The fraction of sp³-hybridized carbons (Fsp3) is 1.00. The Morgan fingerprint density at radius 2 is 0.848 bits per heavy atom. The SMILES string of the molecule is CCCCCCCCCCCCOC[C@](CCCCCCCOCCCCCC)(COCCOC)COCCOS(=O)(=O)[O-].[Na+].[Na+]. The van der Waals surface area contributed by atoms with Gasteiger partial charge in [0.2, 0.25) is 10.4 Å². The number of hydrogen-bond acceptors (Lipinski definition) is 9. The predicted octanol–water partition coefficient (Wildman–Crippen LogP) is 2.01. The monoisotopic (exact) mass is 699 g/mol. The van der Waals surface area contributed by atoms with E-state index in [1.807, 2.05) is 0 Å². The van der Waals surface area contributed by atoms with Crippen molar-refractivity contribution in [3.63, 3.8) is 0 Å². The Kier molecular flexibility index (Phi) is 44.6. The molecule has 0 unspecified atom stereocenters. The molecule has 0 bridgehead atoms. The third-order valence-electron chi connectivity index (χ3n) is 7.89. The molecular formula is C34H69Na2O9S+. The molecule has 9 nitrogen and oxygen atoms in total. The molecule has 0 aliphatic carbocycles. The van der Waals surface area contributed by atoms with E-state index in [0.29, 0.717) is 39.6 Å². The Balaban J connectivity index is -0.00000924. The van der Waals surface area contributed by atoms with Gasteiger partial charge in [0.05, 0.1) is 46.2 Å². The van der Waals surface area contributed by atoms with Crippen molar-refractivity contribution in [2.24, 2.45) is 5.41 Å². The average molecular weight is 700 g/mol. The summed E-state index contributed by atoms with van der Waals surface area (Å²) in [4.78, 5) is 0. The molecule has 0 saturated heterocycles. The number of ether oxygens (including phenoxy) is 5. The van der Waals surface area contributed by atoms with E-state index in [2.05, 4.69) is 18.0 Å². The van der Waals surface area contributed by atoms with Gasteiger partial charge in [0.15, 0.2) is 0 Å². The smallest absolute Gasteiger partial charge is 0.726 e. The average Bonchev–Trinajstić information content (AvgIpc) is 2.99. The maximum Gasteiger partial charge on any atom is 1.00 e. The van der Waals surface area contributed by atoms with Crippen LogP contribution in [0.15, 0.2) is 0 Å². The van der Waals surface area contributed by atoms with Crippen LogP contribution in [-0.4, -0.2) is 86.1 Å². The van der Waals surface area contributed by atoms with E-state index in [9.17, 15) is 13.0 Å². The molecule has 0 radical (unpaired) electrons. The summed E-state index contributed by atoms with van der Waals surface area (Å²) >= 11 is 0. The maximum atomic E-state index is 10.8. The van der Waals surface area contributed by atoms with Gasteiger partial charge in [-0.05, 0) is 25.7 Å². The minimum Gasteiger partial charge on any atom is -0.726 e. The topological polar surface area (TPSA) is 113 Å². The van der Waals surface area contributed by atoms with Gasteiger partial charge in [-0.2, -0.15) is 0 Å². The standard InChI is InChI=1S/C34H70O9S.2Na/c1-4-6-8-10-11-12-13-14-17-22-26-40-31-34(32-41-28-27-38-3,33-42-29-30-43-44(35,36)37)23-19-16-15-18-21-25-39-24-20-9-7-5-2;;/h4-33H2,1-3H3,(H,35,36,37);;/q;2*+1/p-1/t34-;;/m1../s1. The molecule has 266 valence electrons. The fourth-order valence-electron chi connectivity index (χ4n) is 5.20. The molecule has 0 heterocycles. The van der Waals surface area contributed by atoms with Crippen molar-refractivity contribution in [3.05, 3.63) is 0 Å². The molecule has 0 aromatic heterocycles. The van der Waals surface area contributed by atoms with Gasteiger partial charge in [-0.1, -0.05) is 117 Å². The summed E-state index contributed by atoms with van der Waals surface area (Å²) in [6, 6.07) is 0. The molecule has 12 heteroatoms. The Hall–Kier alpha value is 1.67. The molecule has 0 aromatic rings. The van der Waals surface area contributed by atoms with Gasteiger partial charge in [-0.3, -0.25) is 4.18 Å². The van der Waals surface area contributed by atoms with Gasteiger partial charge < -0.3 is 28.2 Å². The summed E-state index contributed by atoms with van der Waals surface area (Å²) in [5, 5.41) is 0.